The van der Waals surface area contributed by atoms with Crippen LogP contribution in [-0.4, -0.2) is 45.3 Å². The normalized spacial score (nSPS) is 17.8. The number of carbonyl (C=O) groups is 1. The highest BCUT2D eigenvalue weighted by Gasteiger charge is 2.26. The maximum absolute atomic E-state index is 12.2. The Morgan fingerprint density at radius 3 is 2.89 bits per heavy atom. The van der Waals surface area contributed by atoms with Crippen LogP contribution in [0.5, 0.6) is 5.75 Å². The third kappa shape index (κ3) is 3.61. The number of fused-ring (bicyclic) bond motifs is 1. The first-order valence-electron chi connectivity index (χ1n) is 8.93. The molecule has 2 atom stereocenters. The Kier molecular flexibility index (Phi) is 4.72. The van der Waals surface area contributed by atoms with Gasteiger partial charge >= 0.3 is 0 Å². The summed E-state index contributed by atoms with van der Waals surface area (Å²) in [6.45, 7) is 2.50. The number of methoxy groups -OCH3 is 1. The first-order chi connectivity index (χ1) is 13.1. The summed E-state index contributed by atoms with van der Waals surface area (Å²) in [5.41, 5.74) is 2.42. The minimum Gasteiger partial charge on any atom is -0.497 e. The lowest BCUT2D eigenvalue weighted by molar-refractivity contribution is -0.130. The molecule has 140 valence electrons. The Hall–Kier alpha value is -3.00. The van der Waals surface area contributed by atoms with Crippen molar-refractivity contribution in [2.45, 2.75) is 31.9 Å². The molecule has 8 heteroatoms. The summed E-state index contributed by atoms with van der Waals surface area (Å²) < 4.78 is 12.2. The van der Waals surface area contributed by atoms with Gasteiger partial charge in [-0.05, 0) is 44.0 Å². The molecule has 4 rings (SSSR count). The molecule has 3 aromatic rings. The maximum atomic E-state index is 12.2. The maximum Gasteiger partial charge on any atom is 0.249 e. The van der Waals surface area contributed by atoms with Gasteiger partial charge < -0.3 is 14.8 Å². The van der Waals surface area contributed by atoms with Crippen LogP contribution in [0.2, 0.25) is 0 Å². The summed E-state index contributed by atoms with van der Waals surface area (Å²) in [6.07, 6.45) is 2.93. The Morgan fingerprint density at radius 2 is 2.19 bits per heavy atom. The van der Waals surface area contributed by atoms with Crippen molar-refractivity contribution in [2.24, 2.45) is 0 Å². The lowest BCUT2D eigenvalue weighted by Crippen LogP contribution is -2.36. The van der Waals surface area contributed by atoms with E-state index >= 15 is 0 Å². The van der Waals surface area contributed by atoms with Gasteiger partial charge in [0.25, 0.3) is 0 Å². The monoisotopic (exact) mass is 367 g/mol. The van der Waals surface area contributed by atoms with E-state index in [1.54, 1.807) is 18.0 Å². The van der Waals surface area contributed by atoms with Gasteiger partial charge in [-0.2, -0.15) is 0 Å². The summed E-state index contributed by atoms with van der Waals surface area (Å²) >= 11 is 0. The van der Waals surface area contributed by atoms with Crippen molar-refractivity contribution in [2.75, 3.05) is 13.7 Å². The molecule has 1 fully saturated rings. The summed E-state index contributed by atoms with van der Waals surface area (Å²) in [6, 6.07) is 9.22. The van der Waals surface area contributed by atoms with Crippen LogP contribution >= 0.6 is 0 Å². The molecular formula is C19H21N5O3. The quantitative estimate of drug-likeness (QED) is 0.743. The van der Waals surface area contributed by atoms with Crippen molar-refractivity contribution in [3.05, 3.63) is 42.5 Å². The molecular weight excluding hydrogens is 346 g/mol. The molecule has 0 saturated carbocycles. The Labute approximate surface area is 156 Å². The predicted octanol–water partition coefficient (Wildman–Crippen LogP) is 2.16. The number of aromatic nitrogens is 4. The number of hydrogen-bond acceptors (Lipinski definition) is 6. The summed E-state index contributed by atoms with van der Waals surface area (Å²) in [7, 11) is 1.63. The predicted molar refractivity (Wildman–Crippen MR) is 98.3 cm³/mol. The van der Waals surface area contributed by atoms with Crippen LogP contribution in [0.25, 0.3) is 16.9 Å². The smallest absolute Gasteiger partial charge is 0.249 e. The number of nitrogens with zero attached hydrogens (tertiary/aromatic N) is 4. The molecule has 3 heterocycles. The molecule has 8 nitrogen and oxygen atoms in total. The molecule has 1 N–H and O–H groups in total. The fraction of sp³-hybridized carbons (Fsp3) is 0.368. The molecule has 1 saturated heterocycles. The van der Waals surface area contributed by atoms with Crippen LogP contribution in [0.3, 0.4) is 0 Å². The molecule has 0 spiro atoms. The standard InChI is InChI=1S/C19H21N5O3/c1-12(21-19(25)16-4-3-9-27-16)18-22-17-10-15(20-11-24(17)23-18)13-5-7-14(26-2)8-6-13/h5-8,10-12,16H,3-4,9H2,1-2H3,(H,21,25)/t12-,16+/m1/s1. The van der Waals surface area contributed by atoms with E-state index < -0.39 is 0 Å². The Morgan fingerprint density at radius 1 is 1.37 bits per heavy atom. The van der Waals surface area contributed by atoms with Crippen molar-refractivity contribution < 1.29 is 14.3 Å². The van der Waals surface area contributed by atoms with Gasteiger partial charge in [-0.3, -0.25) is 4.79 Å². The minimum atomic E-state index is -0.368. The van der Waals surface area contributed by atoms with Gasteiger partial charge in [0.2, 0.25) is 5.91 Å². The van der Waals surface area contributed by atoms with Gasteiger partial charge in [0, 0.05) is 18.2 Å². The van der Waals surface area contributed by atoms with Crippen LogP contribution in [0.1, 0.15) is 31.6 Å². The number of rotatable bonds is 5. The molecule has 2 aromatic heterocycles. The third-order valence-corrected chi connectivity index (χ3v) is 4.60. The highest BCUT2D eigenvalue weighted by Crippen LogP contribution is 2.22. The van der Waals surface area contributed by atoms with E-state index in [1.807, 2.05) is 37.3 Å². The first kappa shape index (κ1) is 17.4. The van der Waals surface area contributed by atoms with Crippen molar-refractivity contribution in [1.82, 2.24) is 24.9 Å². The van der Waals surface area contributed by atoms with E-state index in [4.69, 9.17) is 9.47 Å². The zero-order chi connectivity index (χ0) is 18.8. The SMILES string of the molecule is COc1ccc(-c2cc3nc([C@@H](C)NC(=O)[C@@H]4CCCO4)nn3cn2)cc1. The second-order valence-electron chi connectivity index (χ2n) is 6.51. The lowest BCUT2D eigenvalue weighted by Gasteiger charge is -2.14. The van der Waals surface area contributed by atoms with Crippen LogP contribution < -0.4 is 10.1 Å². The molecule has 1 aliphatic rings. The number of amides is 1. The lowest BCUT2D eigenvalue weighted by atomic mass is 10.1. The molecule has 1 amide bonds. The molecule has 0 unspecified atom stereocenters. The Bertz CT molecular complexity index is 948. The van der Waals surface area contributed by atoms with Crippen LogP contribution in [0.15, 0.2) is 36.7 Å². The van der Waals surface area contributed by atoms with E-state index in [9.17, 15) is 4.79 Å². The average molecular weight is 367 g/mol. The van der Waals surface area contributed by atoms with Gasteiger partial charge in [0.05, 0.1) is 18.8 Å². The van der Waals surface area contributed by atoms with Crippen molar-refractivity contribution >= 4 is 11.6 Å². The fourth-order valence-electron chi connectivity index (χ4n) is 3.07. The average Bonchev–Trinajstić information content (AvgIpc) is 3.37. The summed E-state index contributed by atoms with van der Waals surface area (Å²) in [5, 5.41) is 7.34. The van der Waals surface area contributed by atoms with Gasteiger partial charge in [0.1, 0.15) is 18.2 Å². The van der Waals surface area contributed by atoms with Gasteiger partial charge in [-0.1, -0.05) is 0 Å². The Balaban J connectivity index is 1.53. The van der Waals surface area contributed by atoms with Crippen LogP contribution in [0.4, 0.5) is 0 Å². The highest BCUT2D eigenvalue weighted by molar-refractivity contribution is 5.81. The van der Waals surface area contributed by atoms with Gasteiger partial charge in [-0.15, -0.1) is 5.10 Å². The molecule has 1 aromatic carbocycles. The number of carbonyl (C=O) groups excluding carboxylic acids is 1. The van der Waals surface area contributed by atoms with Gasteiger partial charge in [0.15, 0.2) is 11.5 Å². The number of hydrogen-bond donors (Lipinski definition) is 1. The number of ether oxygens (including phenoxy) is 2. The van der Waals surface area contributed by atoms with Crippen LogP contribution in [-0.2, 0) is 9.53 Å². The largest absolute Gasteiger partial charge is 0.497 e. The summed E-state index contributed by atoms with van der Waals surface area (Å²) in [4.78, 5) is 21.2. The molecule has 27 heavy (non-hydrogen) atoms. The van der Waals surface area contributed by atoms with Crippen molar-refractivity contribution in [3.8, 4) is 17.0 Å². The van der Waals surface area contributed by atoms with Gasteiger partial charge in [-0.25, -0.2) is 14.5 Å². The molecule has 0 aliphatic carbocycles. The van der Waals surface area contributed by atoms with E-state index in [0.29, 0.717) is 18.1 Å². The number of nitrogens with one attached hydrogen (secondary N) is 1. The zero-order valence-electron chi connectivity index (χ0n) is 15.3. The second-order valence-corrected chi connectivity index (χ2v) is 6.51. The number of benzene rings is 1. The fourth-order valence-corrected chi connectivity index (χ4v) is 3.07. The van der Waals surface area contributed by atoms with E-state index in [0.717, 1.165) is 29.8 Å². The van der Waals surface area contributed by atoms with E-state index in [-0.39, 0.29) is 18.1 Å². The summed E-state index contributed by atoms with van der Waals surface area (Å²) in [5.74, 6) is 1.21. The minimum absolute atomic E-state index is 0.115. The molecule has 1 aliphatic heterocycles. The van der Waals surface area contributed by atoms with E-state index in [1.165, 1.54) is 0 Å². The highest BCUT2D eigenvalue weighted by atomic mass is 16.5. The molecule has 0 bridgehead atoms. The topological polar surface area (TPSA) is 90.6 Å². The van der Waals surface area contributed by atoms with E-state index in [2.05, 4.69) is 20.4 Å². The third-order valence-electron chi connectivity index (χ3n) is 4.60. The zero-order valence-corrected chi connectivity index (χ0v) is 15.3. The first-order valence-corrected chi connectivity index (χ1v) is 8.93. The van der Waals surface area contributed by atoms with Crippen molar-refractivity contribution in [1.29, 1.82) is 0 Å². The second kappa shape index (κ2) is 7.32. The van der Waals surface area contributed by atoms with Crippen molar-refractivity contribution in [3.63, 3.8) is 0 Å². The molecule has 0 radical (unpaired) electrons. The van der Waals surface area contributed by atoms with Crippen LogP contribution in [0, 0.1) is 0 Å².